The average Bonchev–Trinajstić information content (AvgIpc) is 3.30. The number of aromatic nitrogens is 2. The summed E-state index contributed by atoms with van der Waals surface area (Å²) in [5.74, 6) is 1.50. The van der Waals surface area contributed by atoms with Gasteiger partial charge in [0.05, 0.1) is 24.2 Å². The molecule has 0 radical (unpaired) electrons. The first-order valence-electron chi connectivity index (χ1n) is 9.03. The van der Waals surface area contributed by atoms with Gasteiger partial charge in [-0.2, -0.15) is 5.10 Å². The van der Waals surface area contributed by atoms with Crippen molar-refractivity contribution < 1.29 is 9.21 Å². The molecule has 0 aliphatic carbocycles. The van der Waals surface area contributed by atoms with Crippen LogP contribution in [0, 0.1) is 0 Å². The van der Waals surface area contributed by atoms with Crippen LogP contribution < -0.4 is 5.32 Å². The molecule has 1 unspecified atom stereocenters. The fourth-order valence-corrected chi connectivity index (χ4v) is 3.48. The van der Waals surface area contributed by atoms with E-state index < -0.39 is 0 Å². The van der Waals surface area contributed by atoms with Crippen LogP contribution in [-0.4, -0.2) is 27.3 Å². The molecule has 1 fully saturated rings. The van der Waals surface area contributed by atoms with Crippen molar-refractivity contribution in [3.63, 3.8) is 0 Å². The lowest BCUT2D eigenvalue weighted by atomic mass is 10.1. The van der Waals surface area contributed by atoms with Crippen molar-refractivity contribution >= 4 is 11.8 Å². The third-order valence-electron chi connectivity index (χ3n) is 4.76. The maximum atomic E-state index is 13.0. The zero-order chi connectivity index (χ0) is 17.8. The van der Waals surface area contributed by atoms with Gasteiger partial charge in [0.1, 0.15) is 11.6 Å². The number of likely N-dealkylation sites (tertiary alicyclic amines) is 1. The Morgan fingerprint density at radius 3 is 2.77 bits per heavy atom. The van der Waals surface area contributed by atoms with Crippen LogP contribution in [0.2, 0.25) is 0 Å². The number of hydrogen-bond donors (Lipinski definition) is 1. The van der Waals surface area contributed by atoms with Crippen LogP contribution >= 0.6 is 0 Å². The van der Waals surface area contributed by atoms with Gasteiger partial charge in [-0.05, 0) is 37.1 Å². The fraction of sp³-hybridized carbons (Fsp3) is 0.300. The Balaban J connectivity index is 1.56. The van der Waals surface area contributed by atoms with Crippen LogP contribution in [0.3, 0.4) is 0 Å². The lowest BCUT2D eigenvalue weighted by molar-refractivity contribution is 0.179. The number of carbonyl (C=O) groups is 1. The maximum Gasteiger partial charge on any atom is 0.323 e. The van der Waals surface area contributed by atoms with E-state index in [1.165, 1.54) is 0 Å². The van der Waals surface area contributed by atoms with Crippen molar-refractivity contribution in [2.75, 3.05) is 11.9 Å². The highest BCUT2D eigenvalue weighted by atomic mass is 16.3. The summed E-state index contributed by atoms with van der Waals surface area (Å²) in [7, 11) is 0. The Kier molecular flexibility index (Phi) is 4.73. The van der Waals surface area contributed by atoms with Gasteiger partial charge in [-0.15, -0.1) is 0 Å². The van der Waals surface area contributed by atoms with Crippen molar-refractivity contribution in [1.82, 2.24) is 14.7 Å². The lowest BCUT2D eigenvalue weighted by Crippen LogP contribution is -2.38. The van der Waals surface area contributed by atoms with E-state index in [0.29, 0.717) is 5.82 Å². The number of carbonyl (C=O) groups excluding carboxylic acids is 1. The van der Waals surface area contributed by atoms with Gasteiger partial charge in [0.25, 0.3) is 0 Å². The zero-order valence-corrected chi connectivity index (χ0v) is 14.5. The molecule has 1 aliphatic rings. The van der Waals surface area contributed by atoms with E-state index in [4.69, 9.17) is 4.42 Å². The molecule has 2 aromatic heterocycles. The van der Waals surface area contributed by atoms with Crippen molar-refractivity contribution in [2.45, 2.75) is 31.7 Å². The number of amides is 2. The molecule has 134 valence electrons. The second-order valence-electron chi connectivity index (χ2n) is 6.47. The molecular formula is C20H22N4O2. The van der Waals surface area contributed by atoms with Crippen LogP contribution in [0.5, 0.6) is 0 Å². The van der Waals surface area contributed by atoms with Gasteiger partial charge in [-0.3, -0.25) is 5.32 Å². The number of urea groups is 1. The fourth-order valence-electron chi connectivity index (χ4n) is 3.48. The van der Waals surface area contributed by atoms with Gasteiger partial charge in [-0.25, -0.2) is 9.48 Å². The Bertz CT molecular complexity index is 842. The summed E-state index contributed by atoms with van der Waals surface area (Å²) in [5, 5.41) is 7.36. The Hall–Kier alpha value is -3.02. The first kappa shape index (κ1) is 16.4. The third kappa shape index (κ3) is 3.35. The molecule has 1 saturated heterocycles. The van der Waals surface area contributed by atoms with Crippen molar-refractivity contribution in [2.24, 2.45) is 0 Å². The lowest BCUT2D eigenvalue weighted by Gasteiger charge is -2.28. The molecule has 1 aliphatic heterocycles. The van der Waals surface area contributed by atoms with Crippen LogP contribution in [0.15, 0.2) is 65.4 Å². The Labute approximate surface area is 152 Å². The van der Waals surface area contributed by atoms with Gasteiger partial charge in [0, 0.05) is 12.6 Å². The predicted molar refractivity (Wildman–Crippen MR) is 99.2 cm³/mol. The molecule has 0 saturated carbocycles. The number of benzene rings is 1. The highest BCUT2D eigenvalue weighted by molar-refractivity contribution is 5.89. The minimum absolute atomic E-state index is 0.0272. The molecule has 6 nitrogen and oxygen atoms in total. The molecule has 1 aromatic carbocycles. The Morgan fingerprint density at radius 2 is 1.96 bits per heavy atom. The number of anilines is 1. The van der Waals surface area contributed by atoms with Gasteiger partial charge in [0.2, 0.25) is 0 Å². The second-order valence-corrected chi connectivity index (χ2v) is 6.47. The van der Waals surface area contributed by atoms with Gasteiger partial charge < -0.3 is 9.32 Å². The SMILES string of the molecule is O=C(Nc1ccnn1-c1ccccc1)N1CCCCCC1c1ccco1. The predicted octanol–water partition coefficient (Wildman–Crippen LogP) is 4.61. The van der Waals surface area contributed by atoms with E-state index in [2.05, 4.69) is 10.4 Å². The number of nitrogens with zero attached hydrogens (tertiary/aromatic N) is 3. The quantitative estimate of drug-likeness (QED) is 0.750. The largest absolute Gasteiger partial charge is 0.467 e. The smallest absolute Gasteiger partial charge is 0.323 e. The maximum absolute atomic E-state index is 13.0. The van der Waals surface area contributed by atoms with Crippen LogP contribution in [0.25, 0.3) is 5.69 Å². The third-order valence-corrected chi connectivity index (χ3v) is 4.76. The zero-order valence-electron chi connectivity index (χ0n) is 14.5. The monoisotopic (exact) mass is 350 g/mol. The number of furan rings is 1. The highest BCUT2D eigenvalue weighted by Gasteiger charge is 2.29. The molecule has 3 heterocycles. The molecule has 3 aromatic rings. The standard InChI is InChI=1S/C20H22N4O2/c25-20(22-19-12-13-21-24(19)16-8-3-1-4-9-16)23-14-6-2-5-10-17(23)18-11-7-15-26-18/h1,3-4,7-9,11-13,15,17H,2,5-6,10,14H2,(H,22,25). The summed E-state index contributed by atoms with van der Waals surface area (Å²) in [6.45, 7) is 0.719. The molecule has 6 heteroatoms. The van der Waals surface area contributed by atoms with Crippen LogP contribution in [-0.2, 0) is 0 Å². The summed E-state index contributed by atoms with van der Waals surface area (Å²) >= 11 is 0. The Morgan fingerprint density at radius 1 is 1.08 bits per heavy atom. The van der Waals surface area contributed by atoms with Crippen molar-refractivity contribution in [3.05, 3.63) is 66.8 Å². The number of hydrogen-bond acceptors (Lipinski definition) is 3. The molecule has 1 N–H and O–H groups in total. The van der Waals surface area contributed by atoms with Crippen molar-refractivity contribution in [1.29, 1.82) is 0 Å². The van der Waals surface area contributed by atoms with Crippen LogP contribution in [0.1, 0.15) is 37.5 Å². The van der Waals surface area contributed by atoms with E-state index in [1.54, 1.807) is 17.1 Å². The number of rotatable bonds is 3. The summed E-state index contributed by atoms with van der Waals surface area (Å²) in [6, 6.07) is 15.3. The highest BCUT2D eigenvalue weighted by Crippen LogP contribution is 2.31. The first-order chi connectivity index (χ1) is 12.8. The average molecular weight is 350 g/mol. The van der Waals surface area contributed by atoms with Gasteiger partial charge in [-0.1, -0.05) is 31.0 Å². The molecule has 0 spiro atoms. The first-order valence-corrected chi connectivity index (χ1v) is 9.03. The van der Waals surface area contributed by atoms with E-state index in [9.17, 15) is 4.79 Å². The summed E-state index contributed by atoms with van der Waals surface area (Å²) in [5.41, 5.74) is 0.909. The number of para-hydroxylation sites is 1. The molecule has 1 atom stereocenters. The minimum Gasteiger partial charge on any atom is -0.467 e. The minimum atomic E-state index is -0.119. The summed E-state index contributed by atoms with van der Waals surface area (Å²) in [4.78, 5) is 14.9. The molecule has 0 bridgehead atoms. The topological polar surface area (TPSA) is 63.3 Å². The number of nitrogens with one attached hydrogen (secondary N) is 1. The van der Waals surface area contributed by atoms with Gasteiger partial charge >= 0.3 is 6.03 Å². The molecule has 2 amide bonds. The van der Waals surface area contributed by atoms with E-state index >= 15 is 0 Å². The van der Waals surface area contributed by atoms with Crippen LogP contribution in [0.4, 0.5) is 10.6 Å². The van der Waals surface area contributed by atoms with E-state index in [-0.39, 0.29) is 12.1 Å². The molecular weight excluding hydrogens is 328 g/mol. The van der Waals surface area contributed by atoms with E-state index in [0.717, 1.165) is 43.7 Å². The molecule has 4 rings (SSSR count). The van der Waals surface area contributed by atoms with Crippen molar-refractivity contribution in [3.8, 4) is 5.69 Å². The summed E-state index contributed by atoms with van der Waals surface area (Å²) in [6.07, 6.45) is 7.50. The summed E-state index contributed by atoms with van der Waals surface area (Å²) < 4.78 is 7.33. The normalized spacial score (nSPS) is 17.7. The molecule has 26 heavy (non-hydrogen) atoms. The van der Waals surface area contributed by atoms with E-state index in [1.807, 2.05) is 53.4 Å². The van der Waals surface area contributed by atoms with Gasteiger partial charge in [0.15, 0.2) is 0 Å². The second kappa shape index (κ2) is 7.47.